The fraction of sp³-hybridized carbons (Fsp3) is 0.429. The Labute approximate surface area is 175 Å². The summed E-state index contributed by atoms with van der Waals surface area (Å²) in [6.45, 7) is 9.47. The van der Waals surface area contributed by atoms with Crippen molar-refractivity contribution in [2.75, 3.05) is 13.2 Å². The first-order valence-corrected chi connectivity index (χ1v) is 9.71. The van der Waals surface area contributed by atoms with E-state index in [4.69, 9.17) is 36.3 Å². The van der Waals surface area contributed by atoms with Crippen molar-refractivity contribution in [2.45, 2.75) is 46.6 Å². The first-order chi connectivity index (χ1) is 13.7. The number of carbonyl (C=O) groups is 1. The summed E-state index contributed by atoms with van der Waals surface area (Å²) in [5.41, 5.74) is 6.64. The van der Waals surface area contributed by atoms with Gasteiger partial charge in [0, 0.05) is 11.1 Å². The van der Waals surface area contributed by atoms with Crippen molar-refractivity contribution in [1.82, 2.24) is 0 Å². The standard InChI is InChI=1S/C21H25ClN2O5/c1-6-26-16-8-13(15(22)9-17(16)28-11(3)4)19-14(10-23)20(24)29-12(5)18(19)21(25)27-7-2/h8-9,11,19H,6-7,24H2,1-5H3. The molecule has 29 heavy (non-hydrogen) atoms. The quantitative estimate of drug-likeness (QED) is 0.660. The Morgan fingerprint density at radius 1 is 1.31 bits per heavy atom. The van der Waals surface area contributed by atoms with Gasteiger partial charge in [-0.15, -0.1) is 0 Å². The Balaban J connectivity index is 2.71. The maximum atomic E-state index is 12.7. The molecule has 1 aromatic carbocycles. The number of hydrogen-bond acceptors (Lipinski definition) is 7. The number of hydrogen-bond donors (Lipinski definition) is 1. The second-order valence-electron chi connectivity index (χ2n) is 6.54. The van der Waals surface area contributed by atoms with Crippen LogP contribution in [0, 0.1) is 11.3 Å². The van der Waals surface area contributed by atoms with Crippen LogP contribution in [-0.2, 0) is 14.3 Å². The fourth-order valence-electron chi connectivity index (χ4n) is 3.05. The maximum Gasteiger partial charge on any atom is 0.338 e. The third-order valence-electron chi connectivity index (χ3n) is 4.14. The lowest BCUT2D eigenvalue weighted by molar-refractivity contribution is -0.139. The number of nitrogens with two attached hydrogens (primary N) is 1. The molecule has 2 rings (SSSR count). The summed E-state index contributed by atoms with van der Waals surface area (Å²) in [5.74, 6) is -0.374. The second-order valence-corrected chi connectivity index (χ2v) is 6.94. The van der Waals surface area contributed by atoms with Crippen LogP contribution in [0.15, 0.2) is 34.9 Å². The van der Waals surface area contributed by atoms with Gasteiger partial charge in [-0.05, 0) is 46.2 Å². The zero-order valence-electron chi connectivity index (χ0n) is 17.2. The summed E-state index contributed by atoms with van der Waals surface area (Å²) < 4.78 is 22.1. The van der Waals surface area contributed by atoms with Crippen molar-refractivity contribution in [2.24, 2.45) is 5.73 Å². The van der Waals surface area contributed by atoms with Crippen LogP contribution in [0.5, 0.6) is 11.5 Å². The van der Waals surface area contributed by atoms with Gasteiger partial charge in [-0.3, -0.25) is 0 Å². The Kier molecular flexibility index (Phi) is 7.40. The van der Waals surface area contributed by atoms with E-state index in [2.05, 4.69) is 0 Å². The van der Waals surface area contributed by atoms with Gasteiger partial charge in [-0.25, -0.2) is 4.79 Å². The highest BCUT2D eigenvalue weighted by Crippen LogP contribution is 2.45. The van der Waals surface area contributed by atoms with Crippen LogP contribution in [0.25, 0.3) is 0 Å². The number of carbonyl (C=O) groups excluding carboxylic acids is 1. The first kappa shape index (κ1) is 22.4. The van der Waals surface area contributed by atoms with Crippen LogP contribution in [0.1, 0.15) is 46.1 Å². The molecule has 1 atom stereocenters. The van der Waals surface area contributed by atoms with Crippen LogP contribution >= 0.6 is 11.6 Å². The third-order valence-corrected chi connectivity index (χ3v) is 4.46. The SMILES string of the molecule is CCOC(=O)C1=C(C)OC(N)=C(C#N)C1c1cc(OCC)c(OC(C)C)cc1Cl. The number of esters is 1. The van der Waals surface area contributed by atoms with Crippen LogP contribution in [0.2, 0.25) is 5.02 Å². The molecule has 0 radical (unpaired) electrons. The third kappa shape index (κ3) is 4.77. The van der Waals surface area contributed by atoms with Crippen molar-refractivity contribution in [3.05, 3.63) is 45.5 Å². The van der Waals surface area contributed by atoms with Gasteiger partial charge >= 0.3 is 5.97 Å². The summed E-state index contributed by atoms with van der Waals surface area (Å²) in [6, 6.07) is 5.31. The lowest BCUT2D eigenvalue weighted by atomic mass is 9.83. The summed E-state index contributed by atoms with van der Waals surface area (Å²) in [7, 11) is 0. The number of ether oxygens (including phenoxy) is 4. The topological polar surface area (TPSA) is 104 Å². The van der Waals surface area contributed by atoms with Gasteiger partial charge in [-0.2, -0.15) is 5.26 Å². The zero-order chi connectivity index (χ0) is 21.7. The average Bonchev–Trinajstić information content (AvgIpc) is 2.63. The smallest absolute Gasteiger partial charge is 0.338 e. The molecule has 8 heteroatoms. The molecule has 156 valence electrons. The summed E-state index contributed by atoms with van der Waals surface area (Å²) in [5, 5.41) is 10.0. The molecule has 0 saturated heterocycles. The molecule has 0 bridgehead atoms. The Bertz CT molecular complexity index is 899. The molecule has 1 heterocycles. The molecular weight excluding hydrogens is 396 g/mol. The van der Waals surface area contributed by atoms with E-state index in [0.717, 1.165) is 0 Å². The highest BCUT2D eigenvalue weighted by atomic mass is 35.5. The highest BCUT2D eigenvalue weighted by molar-refractivity contribution is 6.31. The lowest BCUT2D eigenvalue weighted by Gasteiger charge is -2.28. The van der Waals surface area contributed by atoms with Crippen LogP contribution in [-0.4, -0.2) is 25.3 Å². The molecule has 0 spiro atoms. The van der Waals surface area contributed by atoms with Crippen molar-refractivity contribution in [1.29, 1.82) is 5.26 Å². The summed E-state index contributed by atoms with van der Waals surface area (Å²) in [4.78, 5) is 12.7. The number of halogens is 1. The number of benzene rings is 1. The van der Waals surface area contributed by atoms with E-state index in [9.17, 15) is 10.1 Å². The van der Waals surface area contributed by atoms with Gasteiger partial charge in [0.25, 0.3) is 0 Å². The number of nitrogens with zero attached hydrogens (tertiary/aromatic N) is 1. The molecule has 0 aliphatic carbocycles. The van der Waals surface area contributed by atoms with Crippen LogP contribution in [0.3, 0.4) is 0 Å². The van der Waals surface area contributed by atoms with Crippen molar-refractivity contribution in [3.8, 4) is 17.6 Å². The fourth-order valence-corrected chi connectivity index (χ4v) is 3.32. The van der Waals surface area contributed by atoms with E-state index in [1.54, 1.807) is 26.0 Å². The molecule has 0 saturated carbocycles. The Morgan fingerprint density at radius 2 is 2.00 bits per heavy atom. The predicted octanol–water partition coefficient (Wildman–Crippen LogP) is 4.17. The Hall–Kier alpha value is -2.85. The molecule has 1 unspecified atom stereocenters. The van der Waals surface area contributed by atoms with Gasteiger partial charge in [0.15, 0.2) is 11.5 Å². The molecule has 1 aliphatic heterocycles. The van der Waals surface area contributed by atoms with E-state index in [1.165, 1.54) is 0 Å². The number of allylic oxidation sites excluding steroid dienone is 2. The molecular formula is C21H25ClN2O5. The molecule has 1 aromatic rings. The predicted molar refractivity (Wildman–Crippen MR) is 108 cm³/mol. The molecule has 1 aliphatic rings. The van der Waals surface area contributed by atoms with E-state index >= 15 is 0 Å². The Morgan fingerprint density at radius 3 is 2.55 bits per heavy atom. The van der Waals surface area contributed by atoms with Crippen molar-refractivity contribution < 1.29 is 23.7 Å². The summed E-state index contributed by atoms with van der Waals surface area (Å²) >= 11 is 6.56. The number of nitriles is 1. The summed E-state index contributed by atoms with van der Waals surface area (Å²) in [6.07, 6.45) is -0.0957. The van der Waals surface area contributed by atoms with Gasteiger partial charge in [0.2, 0.25) is 5.88 Å². The molecule has 7 nitrogen and oxygen atoms in total. The van der Waals surface area contributed by atoms with Gasteiger partial charge in [0.1, 0.15) is 17.4 Å². The molecule has 0 fully saturated rings. The van der Waals surface area contributed by atoms with E-state index < -0.39 is 11.9 Å². The maximum absolute atomic E-state index is 12.7. The van der Waals surface area contributed by atoms with Crippen LogP contribution in [0.4, 0.5) is 0 Å². The van der Waals surface area contributed by atoms with Gasteiger partial charge in [-0.1, -0.05) is 11.6 Å². The normalized spacial score (nSPS) is 16.4. The minimum absolute atomic E-state index is 0.0699. The lowest BCUT2D eigenvalue weighted by Crippen LogP contribution is -2.25. The first-order valence-electron chi connectivity index (χ1n) is 9.33. The van der Waals surface area contributed by atoms with Crippen molar-refractivity contribution >= 4 is 17.6 Å². The van der Waals surface area contributed by atoms with E-state index in [1.807, 2.05) is 26.8 Å². The second kappa shape index (κ2) is 9.57. The van der Waals surface area contributed by atoms with E-state index in [0.29, 0.717) is 28.7 Å². The number of rotatable bonds is 7. The van der Waals surface area contributed by atoms with Gasteiger partial charge in [0.05, 0.1) is 30.8 Å². The molecule has 0 amide bonds. The molecule has 2 N–H and O–H groups in total. The van der Waals surface area contributed by atoms with E-state index in [-0.39, 0.29) is 35.5 Å². The largest absolute Gasteiger partial charge is 0.490 e. The zero-order valence-corrected chi connectivity index (χ0v) is 17.9. The van der Waals surface area contributed by atoms with Crippen LogP contribution < -0.4 is 15.2 Å². The molecule has 0 aromatic heterocycles. The minimum atomic E-state index is -0.854. The van der Waals surface area contributed by atoms with Gasteiger partial charge < -0.3 is 24.7 Å². The van der Waals surface area contributed by atoms with Crippen molar-refractivity contribution in [3.63, 3.8) is 0 Å². The highest BCUT2D eigenvalue weighted by Gasteiger charge is 2.38. The average molecular weight is 421 g/mol. The monoisotopic (exact) mass is 420 g/mol. The minimum Gasteiger partial charge on any atom is -0.490 e.